The number of carboxylic acid groups (broad SMARTS) is 1. The number of hydrogen-bond acceptors (Lipinski definition) is 7. The second-order valence-electron chi connectivity index (χ2n) is 16.4. The molecule has 0 bridgehead atoms. The van der Waals surface area contributed by atoms with Gasteiger partial charge < -0.3 is 16.2 Å². The Labute approximate surface area is 450 Å². The van der Waals surface area contributed by atoms with E-state index in [1.54, 1.807) is 11.8 Å². The quantitative estimate of drug-likeness (QED) is 0.125. The van der Waals surface area contributed by atoms with Crippen LogP contribution in [-0.4, -0.2) is 88.9 Å². The molecule has 1 amide bonds. The summed E-state index contributed by atoms with van der Waals surface area (Å²) in [5, 5.41) is 10.5. The molecule has 7 nitrogen and oxygen atoms in total. The number of aliphatic imine (C=N–C) groups is 2. The molecule has 4 aromatic carbocycles. The molecule has 2 atom stereocenters. The molecule has 0 spiro atoms. The van der Waals surface area contributed by atoms with E-state index in [-0.39, 0.29) is 86.8 Å². The summed E-state index contributed by atoms with van der Waals surface area (Å²) in [5.74, 6) is 0.848. The highest BCUT2D eigenvalue weighted by Crippen LogP contribution is 2.52. The van der Waals surface area contributed by atoms with Crippen molar-refractivity contribution in [1.29, 1.82) is 0 Å². The van der Waals surface area contributed by atoms with E-state index < -0.39 is 95.6 Å². The molecule has 4 N–H and O–H groups in total. The van der Waals surface area contributed by atoms with E-state index in [0.717, 1.165) is 36.4 Å². The standard InChI is InChI=1S/C22H15Cl3F6N2OS.C19H10Cl3F6NO2.C3H7NS.BrH/c23-15-4-11(5-16(24)18(15)25)20(22(29,30)31)6-17(32-9-20)10-1-2-13(14(3-10)21(26,27)28)19(34)33-12-7-35-8-12;20-12-4-9(5-13(21)15(12)22)17(19(26,27)28)6-14(29-7-17)8-1-2-10(16(30)31)11(3-8)18(23,24)25;4-3-1-5-2-3;/h1-5,12H,6-9H2,(H,33,34);1-5H,6-7H2,(H,30,31);3H,1-2,4H2;1H. The Hall–Kier alpha value is -2.80. The van der Waals surface area contributed by atoms with Crippen LogP contribution in [0, 0.1) is 0 Å². The van der Waals surface area contributed by atoms with Crippen LogP contribution in [0.2, 0.25) is 30.1 Å². The highest BCUT2D eigenvalue weighted by atomic mass is 79.9. The van der Waals surface area contributed by atoms with E-state index >= 15 is 0 Å². The van der Waals surface area contributed by atoms with Crippen molar-refractivity contribution in [2.45, 2.75) is 60.5 Å². The first-order valence-corrected chi connectivity index (χ1v) is 24.8. The van der Waals surface area contributed by atoms with Gasteiger partial charge in [0.15, 0.2) is 0 Å². The van der Waals surface area contributed by atoms with E-state index in [4.69, 9.17) is 80.4 Å². The summed E-state index contributed by atoms with van der Waals surface area (Å²) in [5.41, 5.74) is -5.66. The Morgan fingerprint density at radius 1 is 0.597 bits per heavy atom. The summed E-state index contributed by atoms with van der Waals surface area (Å²) in [7, 11) is 0. The fourth-order valence-corrected chi connectivity index (χ4v) is 9.88. The van der Waals surface area contributed by atoms with Gasteiger partial charge in [0.05, 0.1) is 65.5 Å². The van der Waals surface area contributed by atoms with Crippen LogP contribution in [-0.2, 0) is 23.2 Å². The first-order valence-electron chi connectivity index (χ1n) is 20.2. The number of nitrogens with zero attached hydrogens (tertiary/aromatic N) is 2. The monoisotopic (exact) mass is 1250 g/mol. The normalized spacial score (nSPS) is 20.4. The lowest BCUT2D eigenvalue weighted by Crippen LogP contribution is -2.44. The SMILES string of the molecule is Br.NC1CSC1.O=C(NC1CSC1)c1ccc(C2=NCC(c3cc(Cl)c(Cl)c(Cl)c3)(C(F)(F)F)C2)cc1C(F)(F)F.O=C(O)c1ccc(C2=NCC(c3cc(Cl)c(Cl)c(Cl)c3)(C(F)(F)F)C2)cc1C(F)(F)F. The number of nitrogens with one attached hydrogen (secondary N) is 1. The van der Waals surface area contributed by atoms with Gasteiger partial charge in [0.2, 0.25) is 0 Å². The number of carbonyl (C=O) groups excluding carboxylic acids is 1. The van der Waals surface area contributed by atoms with Crippen molar-refractivity contribution in [2.75, 3.05) is 36.1 Å². The van der Waals surface area contributed by atoms with Gasteiger partial charge in [0.1, 0.15) is 10.8 Å². The zero-order valence-corrected chi connectivity index (χ0v) is 43.7. The van der Waals surface area contributed by atoms with Gasteiger partial charge in [-0.2, -0.15) is 76.2 Å². The lowest BCUT2D eigenvalue weighted by atomic mass is 9.76. The van der Waals surface area contributed by atoms with Crippen molar-refractivity contribution < 1.29 is 67.4 Å². The fourth-order valence-electron chi connectivity index (χ4n) is 7.54. The van der Waals surface area contributed by atoms with Crippen molar-refractivity contribution in [3.8, 4) is 0 Å². The average molecular weight is 1250 g/mol. The minimum absolute atomic E-state index is 0. The summed E-state index contributed by atoms with van der Waals surface area (Å²) < 4.78 is 167. The summed E-state index contributed by atoms with van der Waals surface area (Å²) in [4.78, 5) is 31.3. The molecule has 0 saturated carbocycles. The van der Waals surface area contributed by atoms with E-state index in [9.17, 15) is 62.3 Å². The van der Waals surface area contributed by atoms with Gasteiger partial charge in [-0.3, -0.25) is 14.8 Å². The molecule has 28 heteroatoms. The molecule has 8 rings (SSSR count). The van der Waals surface area contributed by atoms with Gasteiger partial charge in [0.25, 0.3) is 5.91 Å². The van der Waals surface area contributed by atoms with Crippen molar-refractivity contribution >= 4 is 133 Å². The van der Waals surface area contributed by atoms with Crippen LogP contribution in [0.4, 0.5) is 52.7 Å². The van der Waals surface area contributed by atoms with E-state index in [2.05, 4.69) is 15.3 Å². The maximum Gasteiger partial charge on any atom is 0.417 e. The molecule has 0 radical (unpaired) electrons. The number of nitrogens with two attached hydrogens (primary N) is 1. The number of hydrogen-bond donors (Lipinski definition) is 3. The zero-order valence-electron chi connectivity index (χ0n) is 35.8. The van der Waals surface area contributed by atoms with Gasteiger partial charge in [-0.05, 0) is 70.8 Å². The molecule has 0 aromatic heterocycles. The largest absolute Gasteiger partial charge is 0.478 e. The summed E-state index contributed by atoms with van der Waals surface area (Å²) in [6, 6.07) is 9.33. The van der Waals surface area contributed by atoms with Crippen LogP contribution in [0.3, 0.4) is 0 Å². The van der Waals surface area contributed by atoms with E-state index in [1.807, 2.05) is 11.8 Å². The number of alkyl halides is 12. The molecule has 4 aromatic rings. The molecular weight excluding hydrogens is 1220 g/mol. The first-order chi connectivity index (χ1) is 32.8. The Balaban J connectivity index is 0.000000241. The highest BCUT2D eigenvalue weighted by molar-refractivity contribution is 8.93. The second-order valence-corrected chi connectivity index (χ2v) is 20.9. The third-order valence-electron chi connectivity index (χ3n) is 11.6. The van der Waals surface area contributed by atoms with Crippen LogP contribution in [0.25, 0.3) is 0 Å². The Morgan fingerprint density at radius 2 is 0.944 bits per heavy atom. The molecule has 2 unspecified atom stereocenters. The van der Waals surface area contributed by atoms with Crippen molar-refractivity contribution in [2.24, 2.45) is 15.7 Å². The molecule has 0 aliphatic carbocycles. The minimum Gasteiger partial charge on any atom is -0.478 e. The molecule has 2 saturated heterocycles. The third-order valence-corrected chi connectivity index (χ3v) is 16.6. The maximum atomic E-state index is 14.3. The van der Waals surface area contributed by atoms with Crippen molar-refractivity contribution in [1.82, 2.24) is 5.32 Å². The summed E-state index contributed by atoms with van der Waals surface area (Å²) in [6.45, 7) is -1.59. The molecule has 4 aliphatic rings. The van der Waals surface area contributed by atoms with Crippen LogP contribution in [0.15, 0.2) is 70.6 Å². The smallest absolute Gasteiger partial charge is 0.417 e. The number of thioether (sulfide) groups is 2. The van der Waals surface area contributed by atoms with Gasteiger partial charge in [-0.1, -0.05) is 81.7 Å². The molecular formula is C44H33BrCl6F12N4O3S2. The maximum absolute atomic E-state index is 14.3. The highest BCUT2D eigenvalue weighted by Gasteiger charge is 2.60. The van der Waals surface area contributed by atoms with Crippen molar-refractivity contribution in [3.63, 3.8) is 0 Å². The molecule has 4 aliphatic heterocycles. The topological polar surface area (TPSA) is 117 Å². The predicted molar refractivity (Wildman–Crippen MR) is 265 cm³/mol. The number of amides is 1. The van der Waals surface area contributed by atoms with Gasteiger partial charge >= 0.3 is 30.7 Å². The number of aromatic carboxylic acids is 1. The molecule has 72 heavy (non-hydrogen) atoms. The van der Waals surface area contributed by atoms with Crippen LogP contribution in [0.5, 0.6) is 0 Å². The van der Waals surface area contributed by atoms with Crippen LogP contribution in [0.1, 0.15) is 66.9 Å². The number of halogens is 19. The number of carbonyl (C=O) groups is 2. The lowest BCUT2D eigenvalue weighted by molar-refractivity contribution is -0.184. The van der Waals surface area contributed by atoms with Crippen molar-refractivity contribution in [3.05, 3.63) is 135 Å². The molecule has 392 valence electrons. The van der Waals surface area contributed by atoms with Gasteiger partial charge in [-0.15, -0.1) is 17.0 Å². The Bertz CT molecular complexity index is 2750. The predicted octanol–water partition coefficient (Wildman–Crippen LogP) is 14.9. The number of carboxylic acids is 1. The molecule has 4 heterocycles. The molecule has 2 fully saturated rings. The average Bonchev–Trinajstić information content (AvgIpc) is 3.93. The van der Waals surface area contributed by atoms with E-state index in [0.29, 0.717) is 35.7 Å². The summed E-state index contributed by atoms with van der Waals surface area (Å²) in [6.07, 6.45) is -21.2. The van der Waals surface area contributed by atoms with Gasteiger partial charge in [0, 0.05) is 59.4 Å². The lowest BCUT2D eigenvalue weighted by Gasteiger charge is -2.32. The van der Waals surface area contributed by atoms with Crippen LogP contribution >= 0.6 is 110 Å². The second kappa shape index (κ2) is 22.8. The Kier molecular flexibility index (Phi) is 19.0. The number of rotatable bonds is 7. The number of benzene rings is 4. The zero-order chi connectivity index (χ0) is 52.8. The first kappa shape index (κ1) is 60.1. The van der Waals surface area contributed by atoms with E-state index in [1.165, 1.54) is 17.6 Å². The Morgan fingerprint density at radius 3 is 1.24 bits per heavy atom. The minimum atomic E-state index is -5.03. The van der Waals surface area contributed by atoms with Gasteiger partial charge in [-0.25, -0.2) is 4.79 Å². The third kappa shape index (κ3) is 12.9. The fraction of sp³-hybridized carbons (Fsp3) is 0.364. The summed E-state index contributed by atoms with van der Waals surface area (Å²) >= 11 is 38.8. The van der Waals surface area contributed by atoms with Crippen LogP contribution < -0.4 is 11.1 Å².